The second kappa shape index (κ2) is 7.81. The van der Waals surface area contributed by atoms with Gasteiger partial charge in [-0.1, -0.05) is 29.4 Å². The third-order valence-electron chi connectivity index (χ3n) is 6.33. The molecule has 1 spiro atoms. The van der Waals surface area contributed by atoms with Gasteiger partial charge in [0, 0.05) is 41.8 Å². The third kappa shape index (κ3) is 3.46. The molecule has 1 fully saturated rings. The molecule has 0 bridgehead atoms. The van der Waals surface area contributed by atoms with E-state index in [0.29, 0.717) is 15.9 Å². The molecule has 1 saturated heterocycles. The van der Waals surface area contributed by atoms with Gasteiger partial charge in [-0.05, 0) is 37.0 Å². The molecule has 0 unspecified atom stereocenters. The van der Waals surface area contributed by atoms with E-state index < -0.39 is 0 Å². The van der Waals surface area contributed by atoms with Crippen LogP contribution in [0.5, 0.6) is 0 Å². The van der Waals surface area contributed by atoms with Gasteiger partial charge in [0.1, 0.15) is 16.7 Å². The van der Waals surface area contributed by atoms with Crippen molar-refractivity contribution < 1.29 is 0 Å². The molecule has 4 heterocycles. The van der Waals surface area contributed by atoms with E-state index in [-0.39, 0.29) is 17.3 Å². The Bertz CT molecular complexity index is 1130. The fraction of sp³-hybridized carbons (Fsp3) is 0.333. The van der Waals surface area contributed by atoms with Crippen LogP contribution in [0.4, 0.5) is 17.5 Å². The Balaban J connectivity index is 1.32. The third-order valence-corrected chi connectivity index (χ3v) is 7.91. The molecule has 3 aromatic heterocycles. The van der Waals surface area contributed by atoms with Crippen molar-refractivity contribution in [1.82, 2.24) is 19.9 Å². The molecule has 8 nitrogen and oxygen atoms in total. The van der Waals surface area contributed by atoms with Gasteiger partial charge in [-0.2, -0.15) is 0 Å². The molecule has 0 amide bonds. The molecule has 10 heteroatoms. The topological polar surface area (TPSA) is 133 Å². The number of nitrogen functional groups attached to an aromatic ring is 2. The van der Waals surface area contributed by atoms with Crippen LogP contribution < -0.4 is 22.1 Å². The molecule has 2 aliphatic rings. The summed E-state index contributed by atoms with van der Waals surface area (Å²) in [6, 6.07) is 6.02. The average molecular weight is 455 g/mol. The smallest absolute Gasteiger partial charge is 0.158 e. The number of hydrogen-bond donors (Lipinski definition) is 3. The maximum absolute atomic E-state index is 6.59. The standard InChI is InChI=1S/C21H23ClN8S/c22-16-13(3-7-27-18(16)24)31-20-19(25)29-15(11-28-20)30-8-4-21(5-9-30)14(23)10-12-2-1-6-26-17(12)21/h1-3,6-7,11,14H,4-5,8-10,23H2,(H2,24,27)(H2,25,29)/t14-/m1/s1. The molecular weight excluding hydrogens is 432 g/mol. The maximum Gasteiger partial charge on any atom is 0.158 e. The molecule has 0 radical (unpaired) electrons. The van der Waals surface area contributed by atoms with Crippen LogP contribution in [-0.2, 0) is 11.8 Å². The average Bonchev–Trinajstić information content (AvgIpc) is 3.04. The summed E-state index contributed by atoms with van der Waals surface area (Å²) in [4.78, 5) is 20.8. The van der Waals surface area contributed by atoms with E-state index in [4.69, 9.17) is 28.8 Å². The maximum atomic E-state index is 6.59. The first kappa shape index (κ1) is 20.3. The monoisotopic (exact) mass is 454 g/mol. The van der Waals surface area contributed by atoms with Crippen LogP contribution in [0, 0.1) is 0 Å². The number of anilines is 3. The van der Waals surface area contributed by atoms with Crippen molar-refractivity contribution in [1.29, 1.82) is 0 Å². The Morgan fingerprint density at radius 3 is 2.65 bits per heavy atom. The highest BCUT2D eigenvalue weighted by Crippen LogP contribution is 2.45. The lowest BCUT2D eigenvalue weighted by Gasteiger charge is -2.42. The second-order valence-corrected chi connectivity index (χ2v) is 9.40. The number of nitrogens with zero attached hydrogens (tertiary/aromatic N) is 5. The SMILES string of the molecule is Nc1nc(N2CCC3(CC2)c2ncccc2C[C@H]3N)cnc1Sc1ccnc(N)c1Cl. The fourth-order valence-electron chi connectivity index (χ4n) is 4.64. The number of fused-ring (bicyclic) bond motifs is 2. The molecule has 160 valence electrons. The Hall–Kier alpha value is -2.62. The molecule has 0 aromatic carbocycles. The lowest BCUT2D eigenvalue weighted by Crippen LogP contribution is -2.51. The number of aromatic nitrogens is 4. The summed E-state index contributed by atoms with van der Waals surface area (Å²) < 4.78 is 0. The van der Waals surface area contributed by atoms with Gasteiger partial charge in [0.2, 0.25) is 0 Å². The second-order valence-electron chi connectivity index (χ2n) is 7.99. The highest BCUT2D eigenvalue weighted by Gasteiger charge is 2.48. The van der Waals surface area contributed by atoms with Crippen molar-refractivity contribution in [2.24, 2.45) is 5.73 Å². The van der Waals surface area contributed by atoms with Crippen molar-refractivity contribution >= 4 is 40.8 Å². The summed E-state index contributed by atoms with van der Waals surface area (Å²) in [5.41, 5.74) is 21.0. The number of halogens is 1. The van der Waals surface area contributed by atoms with Crippen LogP contribution in [0.1, 0.15) is 24.1 Å². The largest absolute Gasteiger partial charge is 0.382 e. The fourth-order valence-corrected chi connectivity index (χ4v) is 5.65. The van der Waals surface area contributed by atoms with Crippen LogP contribution in [0.3, 0.4) is 0 Å². The van der Waals surface area contributed by atoms with Crippen LogP contribution in [0.2, 0.25) is 5.02 Å². The van der Waals surface area contributed by atoms with Gasteiger partial charge >= 0.3 is 0 Å². The van der Waals surface area contributed by atoms with E-state index in [9.17, 15) is 0 Å². The predicted octanol–water partition coefficient (Wildman–Crippen LogP) is 2.66. The normalized spacial score (nSPS) is 19.5. The molecule has 31 heavy (non-hydrogen) atoms. The van der Waals surface area contributed by atoms with Crippen LogP contribution >= 0.6 is 23.4 Å². The van der Waals surface area contributed by atoms with Crippen molar-refractivity contribution in [2.45, 2.75) is 40.6 Å². The van der Waals surface area contributed by atoms with Crippen molar-refractivity contribution in [3.05, 3.63) is 53.1 Å². The zero-order valence-electron chi connectivity index (χ0n) is 16.8. The summed E-state index contributed by atoms with van der Waals surface area (Å²) in [7, 11) is 0. The number of nitrogens with two attached hydrogens (primary N) is 3. The van der Waals surface area contributed by atoms with Crippen LogP contribution in [0.15, 0.2) is 46.7 Å². The summed E-state index contributed by atoms with van der Waals surface area (Å²) in [6.07, 6.45) is 7.99. The van der Waals surface area contributed by atoms with Gasteiger partial charge in [0.25, 0.3) is 0 Å². The highest BCUT2D eigenvalue weighted by atomic mass is 35.5. The summed E-state index contributed by atoms with van der Waals surface area (Å²) >= 11 is 7.56. The van der Waals surface area contributed by atoms with E-state index >= 15 is 0 Å². The van der Waals surface area contributed by atoms with E-state index in [2.05, 4.69) is 30.9 Å². The van der Waals surface area contributed by atoms with Gasteiger partial charge in [0.05, 0.1) is 16.9 Å². The highest BCUT2D eigenvalue weighted by molar-refractivity contribution is 7.99. The zero-order valence-corrected chi connectivity index (χ0v) is 18.4. The molecule has 5 rings (SSSR count). The first-order valence-corrected chi connectivity index (χ1v) is 11.3. The lowest BCUT2D eigenvalue weighted by molar-refractivity contribution is 0.286. The summed E-state index contributed by atoms with van der Waals surface area (Å²) in [5.74, 6) is 1.40. The van der Waals surface area contributed by atoms with E-state index in [0.717, 1.165) is 43.1 Å². The number of pyridine rings is 2. The number of piperidine rings is 1. The van der Waals surface area contributed by atoms with E-state index in [1.165, 1.54) is 23.0 Å². The minimum Gasteiger partial charge on any atom is -0.382 e. The Kier molecular flexibility index (Phi) is 5.11. The van der Waals surface area contributed by atoms with Gasteiger partial charge in [-0.25, -0.2) is 15.0 Å². The Morgan fingerprint density at radius 2 is 1.87 bits per heavy atom. The summed E-state index contributed by atoms with van der Waals surface area (Å²) in [5, 5.41) is 0.974. The van der Waals surface area contributed by atoms with Gasteiger partial charge in [-0.3, -0.25) is 4.98 Å². The van der Waals surface area contributed by atoms with Crippen LogP contribution in [0.25, 0.3) is 0 Å². The molecular formula is C21H23ClN8S. The van der Waals surface area contributed by atoms with Crippen molar-refractivity contribution in [2.75, 3.05) is 29.5 Å². The van der Waals surface area contributed by atoms with Crippen molar-refractivity contribution in [3.63, 3.8) is 0 Å². The van der Waals surface area contributed by atoms with Gasteiger partial charge in [0.15, 0.2) is 5.82 Å². The number of hydrogen-bond acceptors (Lipinski definition) is 9. The predicted molar refractivity (Wildman–Crippen MR) is 123 cm³/mol. The van der Waals surface area contributed by atoms with Gasteiger partial charge in [-0.15, -0.1) is 0 Å². The lowest BCUT2D eigenvalue weighted by atomic mass is 9.73. The molecule has 6 N–H and O–H groups in total. The molecule has 1 atom stereocenters. The van der Waals surface area contributed by atoms with E-state index in [1.54, 1.807) is 18.5 Å². The quantitative estimate of drug-likeness (QED) is 0.546. The minimum absolute atomic E-state index is 0.0557. The van der Waals surface area contributed by atoms with Crippen molar-refractivity contribution in [3.8, 4) is 0 Å². The molecule has 0 saturated carbocycles. The van der Waals surface area contributed by atoms with Crippen LogP contribution in [-0.4, -0.2) is 39.1 Å². The summed E-state index contributed by atoms with van der Waals surface area (Å²) in [6.45, 7) is 1.66. The Labute approximate surface area is 189 Å². The molecule has 1 aliphatic heterocycles. The molecule has 3 aromatic rings. The zero-order chi connectivity index (χ0) is 21.6. The Morgan fingerprint density at radius 1 is 1.06 bits per heavy atom. The first-order chi connectivity index (χ1) is 15.0. The first-order valence-electron chi connectivity index (χ1n) is 10.1. The molecule has 1 aliphatic carbocycles. The minimum atomic E-state index is -0.0557. The number of rotatable bonds is 3. The van der Waals surface area contributed by atoms with Gasteiger partial charge < -0.3 is 22.1 Å². The van der Waals surface area contributed by atoms with E-state index in [1.807, 2.05) is 12.3 Å².